The smallest absolute Gasteiger partial charge is 0.240 e. The molecule has 2 amide bonds. The standard InChI is InChI=1S/C46H53N9O4/c1-26(2)41(47)45(56)53-18-8-12-36(53)43-49-23-33(51-43)28-15-17-35-30(20-28)21-38-32-16-14-29(22-39(32)59-40(55(35)38)25-58-31-10-6-5-7-11-31)34-24-50-44(52-34)37-13-9-19-54(37)46(57)42(48)27(3)4/h5-7,10-11,14-17,20-24,26-27,36-37,40-42H,8-9,12-13,18-19,25,47-48H2,1-4H3,(H,49,51)(H,50,52)/t36-,37-,40?,41-,42-/m0/s1. The van der Waals surface area contributed by atoms with Crippen molar-refractivity contribution in [2.45, 2.75) is 83.8 Å². The first kappa shape index (κ1) is 38.6. The lowest BCUT2D eigenvalue weighted by atomic mass is 10.0. The third-order valence-corrected chi connectivity index (χ3v) is 12.3. The average molecular weight is 796 g/mol. The number of nitrogens with one attached hydrogen (secondary N) is 2. The molecule has 3 aromatic heterocycles. The zero-order chi connectivity index (χ0) is 40.9. The highest BCUT2D eigenvalue weighted by atomic mass is 16.5. The molecule has 0 radical (unpaired) electrons. The Bertz CT molecular complexity index is 2490. The van der Waals surface area contributed by atoms with E-state index in [4.69, 9.17) is 30.9 Å². The predicted molar refractivity (Wildman–Crippen MR) is 227 cm³/mol. The van der Waals surface area contributed by atoms with E-state index in [-0.39, 0.29) is 42.3 Å². The van der Waals surface area contributed by atoms with E-state index in [1.807, 2.05) is 80.2 Å². The number of amides is 2. The van der Waals surface area contributed by atoms with E-state index < -0.39 is 18.3 Å². The molecular weight excluding hydrogens is 743 g/mol. The van der Waals surface area contributed by atoms with Crippen LogP contribution in [-0.4, -0.2) is 77.9 Å². The maximum atomic E-state index is 13.3. The number of nitrogens with two attached hydrogens (primary N) is 2. The zero-order valence-corrected chi connectivity index (χ0v) is 34.1. The molecule has 0 aliphatic carbocycles. The quantitative estimate of drug-likeness (QED) is 0.105. The van der Waals surface area contributed by atoms with Crippen LogP contribution in [0.25, 0.3) is 44.7 Å². The Kier molecular flexibility index (Phi) is 10.3. The number of fused-ring (bicyclic) bond motifs is 5. The van der Waals surface area contributed by atoms with Crippen LogP contribution in [0.2, 0.25) is 0 Å². The van der Waals surface area contributed by atoms with E-state index in [1.165, 1.54) is 0 Å². The molecule has 0 spiro atoms. The number of hydrogen-bond donors (Lipinski definition) is 4. The van der Waals surface area contributed by atoms with E-state index in [0.717, 1.165) is 93.5 Å². The molecule has 3 aliphatic rings. The number of aromatic amines is 2. The highest BCUT2D eigenvalue weighted by Crippen LogP contribution is 2.45. The second kappa shape index (κ2) is 15.7. The molecule has 2 saturated heterocycles. The van der Waals surface area contributed by atoms with Crippen molar-refractivity contribution in [1.29, 1.82) is 0 Å². The van der Waals surface area contributed by atoms with Gasteiger partial charge in [-0.1, -0.05) is 58.0 Å². The monoisotopic (exact) mass is 795 g/mol. The van der Waals surface area contributed by atoms with E-state index in [2.05, 4.69) is 57.0 Å². The Hall–Kier alpha value is -5.92. The van der Waals surface area contributed by atoms with Gasteiger partial charge in [0, 0.05) is 35.2 Å². The fourth-order valence-electron chi connectivity index (χ4n) is 8.80. The van der Waals surface area contributed by atoms with Gasteiger partial charge in [-0.3, -0.25) is 9.59 Å². The zero-order valence-electron chi connectivity index (χ0n) is 34.1. The van der Waals surface area contributed by atoms with Gasteiger partial charge in [0.2, 0.25) is 18.0 Å². The summed E-state index contributed by atoms with van der Waals surface area (Å²) in [7, 11) is 0. The minimum absolute atomic E-state index is 0.0211. The van der Waals surface area contributed by atoms with Gasteiger partial charge in [0.15, 0.2) is 0 Å². The fraction of sp³-hybridized carbons (Fsp3) is 0.391. The molecule has 0 bridgehead atoms. The Morgan fingerprint density at radius 1 is 0.780 bits per heavy atom. The first-order valence-corrected chi connectivity index (χ1v) is 20.9. The van der Waals surface area contributed by atoms with Crippen molar-refractivity contribution < 1.29 is 19.1 Å². The van der Waals surface area contributed by atoms with Crippen LogP contribution in [0.5, 0.6) is 11.5 Å². The number of rotatable bonds is 11. The number of para-hydroxylation sites is 1. The van der Waals surface area contributed by atoms with Crippen molar-refractivity contribution in [3.8, 4) is 45.3 Å². The van der Waals surface area contributed by atoms with E-state index in [0.29, 0.717) is 13.1 Å². The summed E-state index contributed by atoms with van der Waals surface area (Å²) in [6.07, 6.45) is 6.73. The van der Waals surface area contributed by atoms with E-state index >= 15 is 0 Å². The van der Waals surface area contributed by atoms with Gasteiger partial charge in [-0.15, -0.1) is 0 Å². The van der Waals surface area contributed by atoms with Crippen molar-refractivity contribution in [1.82, 2.24) is 34.3 Å². The van der Waals surface area contributed by atoms with Gasteiger partial charge in [0.25, 0.3) is 0 Å². The normalized spacial score (nSPS) is 19.9. The van der Waals surface area contributed by atoms with Gasteiger partial charge < -0.3 is 45.3 Å². The molecule has 59 heavy (non-hydrogen) atoms. The molecule has 13 heteroatoms. The molecule has 6 N–H and O–H groups in total. The number of benzene rings is 3. The molecule has 6 aromatic rings. The second-order valence-corrected chi connectivity index (χ2v) is 16.9. The summed E-state index contributed by atoms with van der Waals surface area (Å²) in [5, 5.41) is 1.05. The summed E-state index contributed by atoms with van der Waals surface area (Å²) in [5.74, 6) is 3.11. The van der Waals surface area contributed by atoms with Crippen LogP contribution in [0.15, 0.2) is 85.2 Å². The van der Waals surface area contributed by atoms with E-state index in [1.54, 1.807) is 0 Å². The number of likely N-dealkylation sites (tertiary alicyclic amines) is 2. The molecule has 6 heterocycles. The molecule has 3 aromatic carbocycles. The Balaban J connectivity index is 1.02. The van der Waals surface area contributed by atoms with Crippen LogP contribution >= 0.6 is 0 Å². The third-order valence-electron chi connectivity index (χ3n) is 12.3. The summed E-state index contributed by atoms with van der Waals surface area (Å²) in [5.41, 5.74) is 19.2. The lowest BCUT2D eigenvalue weighted by Gasteiger charge is -2.30. The highest BCUT2D eigenvalue weighted by Gasteiger charge is 2.37. The molecule has 1 unspecified atom stereocenters. The highest BCUT2D eigenvalue weighted by molar-refractivity contribution is 5.92. The van der Waals surface area contributed by atoms with Gasteiger partial charge >= 0.3 is 0 Å². The number of nitrogens with zero attached hydrogens (tertiary/aromatic N) is 5. The fourth-order valence-corrected chi connectivity index (χ4v) is 8.80. The lowest BCUT2D eigenvalue weighted by Crippen LogP contribution is -2.46. The Labute approximate surface area is 344 Å². The average Bonchev–Trinajstić information content (AvgIpc) is 4.10. The number of ether oxygens (including phenoxy) is 2. The number of carbonyl (C=O) groups is 2. The lowest BCUT2D eigenvalue weighted by molar-refractivity contribution is -0.135. The second-order valence-electron chi connectivity index (χ2n) is 16.9. The summed E-state index contributed by atoms with van der Waals surface area (Å²) in [4.78, 5) is 46.9. The maximum absolute atomic E-state index is 13.3. The Morgan fingerprint density at radius 2 is 1.36 bits per heavy atom. The maximum Gasteiger partial charge on any atom is 0.240 e. The number of hydrogen-bond acceptors (Lipinski definition) is 8. The summed E-state index contributed by atoms with van der Waals surface area (Å²) >= 11 is 0. The number of imidazole rings is 2. The van der Waals surface area contributed by atoms with Gasteiger partial charge in [-0.2, -0.15) is 0 Å². The van der Waals surface area contributed by atoms with Gasteiger partial charge in [-0.25, -0.2) is 9.97 Å². The molecule has 3 aliphatic heterocycles. The number of aromatic nitrogens is 5. The molecule has 5 atom stereocenters. The summed E-state index contributed by atoms with van der Waals surface area (Å²) in [6, 6.07) is 23.3. The van der Waals surface area contributed by atoms with Crippen LogP contribution in [0.4, 0.5) is 0 Å². The summed E-state index contributed by atoms with van der Waals surface area (Å²) < 4.78 is 15.4. The SMILES string of the molecule is CC(C)[C@H](N)C(=O)N1CCC[C@H]1c1ncc(-c2ccc3c(c2)OC(COc2ccccc2)n2c-3cc3cc(-c4cnc([C@@H]5CCCN5C(=O)[C@@H](N)C(C)C)[nH]4)ccc32)[nH]1. The summed E-state index contributed by atoms with van der Waals surface area (Å²) in [6.45, 7) is 9.55. The van der Waals surface area contributed by atoms with Crippen molar-refractivity contribution in [2.24, 2.45) is 23.3 Å². The van der Waals surface area contributed by atoms with Crippen LogP contribution in [0.1, 0.15) is 83.3 Å². The van der Waals surface area contributed by atoms with Gasteiger partial charge in [-0.05, 0) is 80.0 Å². The van der Waals surface area contributed by atoms with Crippen LogP contribution in [0, 0.1) is 11.8 Å². The topological polar surface area (TPSA) is 173 Å². The van der Waals surface area contributed by atoms with Crippen LogP contribution in [-0.2, 0) is 9.59 Å². The van der Waals surface area contributed by atoms with Gasteiger partial charge in [0.1, 0.15) is 29.8 Å². The molecule has 2 fully saturated rings. The van der Waals surface area contributed by atoms with Crippen molar-refractivity contribution in [3.63, 3.8) is 0 Å². The first-order valence-electron chi connectivity index (χ1n) is 20.9. The predicted octanol–water partition coefficient (Wildman–Crippen LogP) is 7.35. The first-order chi connectivity index (χ1) is 28.5. The minimum atomic E-state index is -0.539. The molecule has 9 rings (SSSR count). The van der Waals surface area contributed by atoms with Gasteiger partial charge in [0.05, 0.1) is 59.2 Å². The largest absolute Gasteiger partial charge is 0.488 e. The molecule has 306 valence electrons. The van der Waals surface area contributed by atoms with E-state index in [9.17, 15) is 9.59 Å². The van der Waals surface area contributed by atoms with Crippen LogP contribution in [0.3, 0.4) is 0 Å². The molecule has 13 nitrogen and oxygen atoms in total. The Morgan fingerprint density at radius 3 is 1.95 bits per heavy atom. The van der Waals surface area contributed by atoms with Crippen LogP contribution < -0.4 is 20.9 Å². The van der Waals surface area contributed by atoms with Crippen molar-refractivity contribution >= 4 is 22.7 Å². The molecular formula is C46H53N9O4. The molecule has 0 saturated carbocycles. The number of carbonyl (C=O) groups excluding carboxylic acids is 2. The van der Waals surface area contributed by atoms with Crippen molar-refractivity contribution in [2.75, 3.05) is 19.7 Å². The van der Waals surface area contributed by atoms with Crippen molar-refractivity contribution in [3.05, 3.63) is 96.8 Å². The number of H-pyrrole nitrogens is 2. The third kappa shape index (κ3) is 7.16. The minimum Gasteiger partial charge on any atom is -0.488 e.